The SMILES string of the molecule is CCCCN(CCC(=O)Nc1cccc(C(F)(F)F)c1)C(C)=O. The minimum atomic E-state index is -4.45. The third-order valence-corrected chi connectivity index (χ3v) is 3.31. The molecule has 0 aliphatic rings. The fourth-order valence-corrected chi connectivity index (χ4v) is 2.01. The van der Waals surface area contributed by atoms with Gasteiger partial charge < -0.3 is 10.2 Å². The Morgan fingerprint density at radius 3 is 2.48 bits per heavy atom. The summed E-state index contributed by atoms with van der Waals surface area (Å²) in [5.41, 5.74) is -0.726. The Bertz CT molecular complexity index is 544. The van der Waals surface area contributed by atoms with Crippen LogP contribution in [0.15, 0.2) is 24.3 Å². The lowest BCUT2D eigenvalue weighted by atomic mass is 10.2. The molecule has 0 spiro atoms. The van der Waals surface area contributed by atoms with E-state index in [9.17, 15) is 22.8 Å². The second-order valence-corrected chi connectivity index (χ2v) is 5.24. The zero-order valence-corrected chi connectivity index (χ0v) is 13.2. The lowest BCUT2D eigenvalue weighted by Crippen LogP contribution is -2.32. The van der Waals surface area contributed by atoms with Gasteiger partial charge in [0.05, 0.1) is 5.56 Å². The number of unbranched alkanes of at least 4 members (excludes halogenated alkanes) is 1. The predicted octanol–water partition coefficient (Wildman–Crippen LogP) is 3.68. The summed E-state index contributed by atoms with van der Waals surface area (Å²) in [6.07, 6.45) is -2.64. The highest BCUT2D eigenvalue weighted by Gasteiger charge is 2.30. The number of hydrogen-bond acceptors (Lipinski definition) is 2. The first-order valence-electron chi connectivity index (χ1n) is 7.46. The fraction of sp³-hybridized carbons (Fsp3) is 0.500. The van der Waals surface area contributed by atoms with Gasteiger partial charge in [-0.15, -0.1) is 0 Å². The highest BCUT2D eigenvalue weighted by Crippen LogP contribution is 2.30. The van der Waals surface area contributed by atoms with E-state index in [4.69, 9.17) is 0 Å². The minimum Gasteiger partial charge on any atom is -0.342 e. The summed E-state index contributed by atoms with van der Waals surface area (Å²) in [6, 6.07) is 4.46. The number of alkyl halides is 3. The zero-order chi connectivity index (χ0) is 17.5. The van der Waals surface area contributed by atoms with Gasteiger partial charge in [0.1, 0.15) is 0 Å². The van der Waals surface area contributed by atoms with E-state index in [-0.39, 0.29) is 24.6 Å². The molecule has 0 aliphatic carbocycles. The molecule has 0 atom stereocenters. The minimum absolute atomic E-state index is 0.0412. The van der Waals surface area contributed by atoms with Crippen molar-refractivity contribution in [1.29, 1.82) is 0 Å². The lowest BCUT2D eigenvalue weighted by molar-refractivity contribution is -0.137. The Labute approximate surface area is 133 Å². The van der Waals surface area contributed by atoms with Gasteiger partial charge in [0.2, 0.25) is 11.8 Å². The number of nitrogens with one attached hydrogen (secondary N) is 1. The average Bonchev–Trinajstić information content (AvgIpc) is 2.46. The highest BCUT2D eigenvalue weighted by molar-refractivity contribution is 5.91. The van der Waals surface area contributed by atoms with E-state index >= 15 is 0 Å². The van der Waals surface area contributed by atoms with Crippen LogP contribution in [0.2, 0.25) is 0 Å². The van der Waals surface area contributed by atoms with Gasteiger partial charge in [0.25, 0.3) is 0 Å². The van der Waals surface area contributed by atoms with Gasteiger partial charge in [-0.2, -0.15) is 13.2 Å². The van der Waals surface area contributed by atoms with Crippen molar-refractivity contribution in [2.75, 3.05) is 18.4 Å². The summed E-state index contributed by atoms with van der Waals surface area (Å²) in [5.74, 6) is -0.544. The van der Waals surface area contributed by atoms with Crippen molar-refractivity contribution < 1.29 is 22.8 Å². The number of amides is 2. The third kappa shape index (κ3) is 6.71. The van der Waals surface area contributed by atoms with Crippen molar-refractivity contribution in [3.63, 3.8) is 0 Å². The van der Waals surface area contributed by atoms with Crippen LogP contribution in [0.4, 0.5) is 18.9 Å². The van der Waals surface area contributed by atoms with Crippen molar-refractivity contribution in [3.8, 4) is 0 Å². The largest absolute Gasteiger partial charge is 0.416 e. The van der Waals surface area contributed by atoms with E-state index in [1.807, 2.05) is 6.92 Å². The average molecular weight is 330 g/mol. The second kappa shape index (κ2) is 8.55. The van der Waals surface area contributed by atoms with Crippen LogP contribution >= 0.6 is 0 Å². The highest BCUT2D eigenvalue weighted by atomic mass is 19.4. The molecule has 0 fully saturated rings. The number of carbonyl (C=O) groups excluding carboxylic acids is 2. The molecular formula is C16H21F3N2O2. The van der Waals surface area contributed by atoms with Gasteiger partial charge in [-0.25, -0.2) is 0 Å². The van der Waals surface area contributed by atoms with Gasteiger partial charge in [0.15, 0.2) is 0 Å². The second-order valence-electron chi connectivity index (χ2n) is 5.24. The van der Waals surface area contributed by atoms with Crippen LogP contribution in [-0.2, 0) is 15.8 Å². The molecule has 2 amide bonds. The molecule has 4 nitrogen and oxygen atoms in total. The van der Waals surface area contributed by atoms with Crippen molar-refractivity contribution >= 4 is 17.5 Å². The molecule has 1 N–H and O–H groups in total. The Kier molecular flexibility index (Phi) is 7.06. The molecule has 0 heterocycles. The maximum Gasteiger partial charge on any atom is 0.416 e. The van der Waals surface area contributed by atoms with Crippen LogP contribution in [-0.4, -0.2) is 29.8 Å². The molecule has 128 valence electrons. The molecule has 0 saturated heterocycles. The smallest absolute Gasteiger partial charge is 0.342 e. The van der Waals surface area contributed by atoms with E-state index in [0.717, 1.165) is 25.0 Å². The topological polar surface area (TPSA) is 49.4 Å². The third-order valence-electron chi connectivity index (χ3n) is 3.31. The molecule has 1 aromatic carbocycles. The maximum atomic E-state index is 12.6. The van der Waals surface area contributed by atoms with E-state index in [0.29, 0.717) is 6.54 Å². The molecule has 0 saturated carbocycles. The quantitative estimate of drug-likeness (QED) is 0.829. The van der Waals surface area contributed by atoms with Crippen molar-refractivity contribution in [3.05, 3.63) is 29.8 Å². The summed E-state index contributed by atoms with van der Waals surface area (Å²) in [5, 5.41) is 2.43. The number of anilines is 1. The van der Waals surface area contributed by atoms with Crippen molar-refractivity contribution in [2.45, 2.75) is 39.3 Å². The monoisotopic (exact) mass is 330 g/mol. The number of carbonyl (C=O) groups is 2. The first-order valence-corrected chi connectivity index (χ1v) is 7.46. The van der Waals surface area contributed by atoms with Gasteiger partial charge in [-0.3, -0.25) is 9.59 Å². The summed E-state index contributed by atoms with van der Waals surface area (Å²) in [6.45, 7) is 4.25. The summed E-state index contributed by atoms with van der Waals surface area (Å²) >= 11 is 0. The maximum absolute atomic E-state index is 12.6. The zero-order valence-electron chi connectivity index (χ0n) is 13.2. The molecular weight excluding hydrogens is 309 g/mol. The summed E-state index contributed by atoms with van der Waals surface area (Å²) in [4.78, 5) is 24.9. The van der Waals surface area contributed by atoms with Gasteiger partial charge in [-0.05, 0) is 24.6 Å². The fourth-order valence-electron chi connectivity index (χ4n) is 2.01. The van der Waals surface area contributed by atoms with Crippen LogP contribution in [0.3, 0.4) is 0 Å². The summed E-state index contributed by atoms with van der Waals surface area (Å²) in [7, 11) is 0. The number of nitrogens with zero attached hydrogens (tertiary/aromatic N) is 1. The molecule has 0 aliphatic heterocycles. The Morgan fingerprint density at radius 2 is 1.91 bits per heavy atom. The normalized spacial score (nSPS) is 11.2. The lowest BCUT2D eigenvalue weighted by Gasteiger charge is -2.20. The molecule has 0 unspecified atom stereocenters. The van der Waals surface area contributed by atoms with Gasteiger partial charge >= 0.3 is 6.18 Å². The first kappa shape index (κ1) is 19.0. The molecule has 1 aromatic rings. The standard InChI is InChI=1S/C16H21F3N2O2/c1-3-4-9-21(12(2)22)10-8-15(23)20-14-7-5-6-13(11-14)16(17,18)19/h5-7,11H,3-4,8-10H2,1-2H3,(H,20,23). The molecule has 0 bridgehead atoms. The summed E-state index contributed by atoms with van der Waals surface area (Å²) < 4.78 is 37.8. The number of hydrogen-bond donors (Lipinski definition) is 1. The Hall–Kier alpha value is -2.05. The molecule has 23 heavy (non-hydrogen) atoms. The van der Waals surface area contributed by atoms with Gasteiger partial charge in [-0.1, -0.05) is 19.4 Å². The number of halogens is 3. The Morgan fingerprint density at radius 1 is 1.22 bits per heavy atom. The van der Waals surface area contributed by atoms with Crippen LogP contribution in [0.5, 0.6) is 0 Å². The van der Waals surface area contributed by atoms with E-state index in [2.05, 4.69) is 5.32 Å². The molecule has 1 rings (SSSR count). The molecule has 7 heteroatoms. The van der Waals surface area contributed by atoms with Crippen LogP contribution in [0.1, 0.15) is 38.7 Å². The van der Waals surface area contributed by atoms with Crippen molar-refractivity contribution in [2.24, 2.45) is 0 Å². The van der Waals surface area contributed by atoms with E-state index in [1.54, 1.807) is 4.90 Å². The van der Waals surface area contributed by atoms with E-state index < -0.39 is 17.6 Å². The van der Waals surface area contributed by atoms with Crippen LogP contribution in [0, 0.1) is 0 Å². The van der Waals surface area contributed by atoms with Gasteiger partial charge in [0, 0.05) is 32.1 Å². The van der Waals surface area contributed by atoms with Crippen molar-refractivity contribution in [1.82, 2.24) is 4.90 Å². The predicted molar refractivity (Wildman–Crippen MR) is 81.9 cm³/mol. The number of rotatable bonds is 7. The first-order chi connectivity index (χ1) is 10.7. The van der Waals surface area contributed by atoms with Crippen LogP contribution < -0.4 is 5.32 Å². The Balaban J connectivity index is 2.58. The van der Waals surface area contributed by atoms with Crippen LogP contribution in [0.25, 0.3) is 0 Å². The number of benzene rings is 1. The molecule has 0 radical (unpaired) electrons. The molecule has 0 aromatic heterocycles. The van der Waals surface area contributed by atoms with E-state index in [1.165, 1.54) is 19.1 Å².